The second-order valence-electron chi connectivity index (χ2n) is 4.14. The van der Waals surface area contributed by atoms with Crippen molar-refractivity contribution < 1.29 is 4.74 Å². The van der Waals surface area contributed by atoms with Crippen LogP contribution in [0.4, 0.5) is 5.69 Å². The highest BCUT2D eigenvalue weighted by molar-refractivity contribution is 7.80. The SMILES string of the molecule is CCCCCCNC(=S)Nc1ccccc1OC. The van der Waals surface area contributed by atoms with Crippen molar-refractivity contribution in [2.24, 2.45) is 0 Å². The molecule has 0 aliphatic carbocycles. The average Bonchev–Trinajstić information content (AvgIpc) is 2.39. The summed E-state index contributed by atoms with van der Waals surface area (Å²) in [4.78, 5) is 0. The van der Waals surface area contributed by atoms with Crippen molar-refractivity contribution in [2.75, 3.05) is 19.0 Å². The summed E-state index contributed by atoms with van der Waals surface area (Å²) in [6, 6.07) is 7.75. The van der Waals surface area contributed by atoms with E-state index in [9.17, 15) is 0 Å². The van der Waals surface area contributed by atoms with Crippen molar-refractivity contribution in [3.05, 3.63) is 24.3 Å². The van der Waals surface area contributed by atoms with Gasteiger partial charge in [0.2, 0.25) is 0 Å². The molecule has 0 bridgehead atoms. The van der Waals surface area contributed by atoms with Gasteiger partial charge in [0.25, 0.3) is 0 Å². The molecule has 18 heavy (non-hydrogen) atoms. The van der Waals surface area contributed by atoms with E-state index in [2.05, 4.69) is 17.6 Å². The number of benzene rings is 1. The smallest absolute Gasteiger partial charge is 0.170 e. The normalized spacial score (nSPS) is 9.89. The molecule has 1 aromatic carbocycles. The largest absolute Gasteiger partial charge is 0.495 e. The Morgan fingerprint density at radius 2 is 2.00 bits per heavy atom. The van der Waals surface area contributed by atoms with E-state index in [-0.39, 0.29) is 0 Å². The van der Waals surface area contributed by atoms with Crippen LogP contribution in [0.15, 0.2) is 24.3 Å². The van der Waals surface area contributed by atoms with E-state index >= 15 is 0 Å². The van der Waals surface area contributed by atoms with E-state index in [1.165, 1.54) is 19.3 Å². The molecule has 0 unspecified atom stereocenters. The van der Waals surface area contributed by atoms with Gasteiger partial charge in [0.05, 0.1) is 12.8 Å². The number of hydrogen-bond acceptors (Lipinski definition) is 2. The number of ether oxygens (including phenoxy) is 1. The molecule has 2 N–H and O–H groups in total. The number of methoxy groups -OCH3 is 1. The molecule has 0 radical (unpaired) electrons. The van der Waals surface area contributed by atoms with Crippen LogP contribution in [0.5, 0.6) is 5.75 Å². The molecular weight excluding hydrogens is 244 g/mol. The van der Waals surface area contributed by atoms with Gasteiger partial charge in [-0.3, -0.25) is 0 Å². The molecule has 0 aliphatic rings. The monoisotopic (exact) mass is 266 g/mol. The summed E-state index contributed by atoms with van der Waals surface area (Å²) < 4.78 is 5.25. The number of anilines is 1. The first kappa shape index (κ1) is 14.8. The van der Waals surface area contributed by atoms with Crippen molar-refractivity contribution >= 4 is 23.0 Å². The second kappa shape index (κ2) is 8.75. The summed E-state index contributed by atoms with van der Waals surface area (Å²) in [6.07, 6.45) is 4.95. The average molecular weight is 266 g/mol. The van der Waals surface area contributed by atoms with Crippen LogP contribution in [0.1, 0.15) is 32.6 Å². The topological polar surface area (TPSA) is 33.3 Å². The zero-order chi connectivity index (χ0) is 13.2. The molecule has 0 saturated heterocycles. The first-order chi connectivity index (χ1) is 8.77. The lowest BCUT2D eigenvalue weighted by Crippen LogP contribution is -2.29. The molecule has 0 atom stereocenters. The fourth-order valence-electron chi connectivity index (χ4n) is 1.67. The maximum Gasteiger partial charge on any atom is 0.170 e. The van der Waals surface area contributed by atoms with E-state index in [0.717, 1.165) is 24.4 Å². The molecule has 1 rings (SSSR count). The highest BCUT2D eigenvalue weighted by Gasteiger charge is 2.02. The standard InChI is InChI=1S/C14H22N2OS/c1-3-4-5-8-11-15-14(18)16-12-9-6-7-10-13(12)17-2/h6-7,9-10H,3-5,8,11H2,1-2H3,(H2,15,16,18). The van der Waals surface area contributed by atoms with Crippen LogP contribution in [0.2, 0.25) is 0 Å². The summed E-state index contributed by atoms with van der Waals surface area (Å²) >= 11 is 5.24. The van der Waals surface area contributed by atoms with Crippen LogP contribution in [0.25, 0.3) is 0 Å². The zero-order valence-electron chi connectivity index (χ0n) is 11.2. The van der Waals surface area contributed by atoms with Crippen LogP contribution in [-0.2, 0) is 0 Å². The van der Waals surface area contributed by atoms with Gasteiger partial charge in [0, 0.05) is 6.54 Å². The molecule has 1 aromatic rings. The van der Waals surface area contributed by atoms with Gasteiger partial charge >= 0.3 is 0 Å². The van der Waals surface area contributed by atoms with Crippen LogP contribution in [-0.4, -0.2) is 18.8 Å². The van der Waals surface area contributed by atoms with Crippen molar-refractivity contribution in [1.29, 1.82) is 0 Å². The molecule has 100 valence electrons. The van der Waals surface area contributed by atoms with Gasteiger partial charge in [-0.25, -0.2) is 0 Å². The summed E-state index contributed by atoms with van der Waals surface area (Å²) in [6.45, 7) is 3.13. The second-order valence-corrected chi connectivity index (χ2v) is 4.55. The third-order valence-electron chi connectivity index (χ3n) is 2.67. The minimum Gasteiger partial charge on any atom is -0.495 e. The van der Waals surface area contributed by atoms with Gasteiger partial charge in [-0.05, 0) is 30.8 Å². The van der Waals surface area contributed by atoms with Crippen molar-refractivity contribution in [1.82, 2.24) is 5.32 Å². The fourth-order valence-corrected chi connectivity index (χ4v) is 1.88. The Balaban J connectivity index is 2.31. The highest BCUT2D eigenvalue weighted by atomic mass is 32.1. The number of hydrogen-bond donors (Lipinski definition) is 2. The molecule has 0 saturated carbocycles. The molecule has 0 aliphatic heterocycles. The number of unbranched alkanes of at least 4 members (excludes halogenated alkanes) is 3. The number of rotatable bonds is 7. The lowest BCUT2D eigenvalue weighted by Gasteiger charge is -2.13. The quantitative estimate of drug-likeness (QED) is 0.584. The van der Waals surface area contributed by atoms with Gasteiger partial charge in [-0.1, -0.05) is 38.3 Å². The van der Waals surface area contributed by atoms with E-state index in [1.807, 2.05) is 24.3 Å². The van der Waals surface area contributed by atoms with Gasteiger partial charge in [-0.2, -0.15) is 0 Å². The maximum absolute atomic E-state index is 5.25. The maximum atomic E-state index is 5.25. The molecule has 4 heteroatoms. The molecule has 3 nitrogen and oxygen atoms in total. The van der Waals surface area contributed by atoms with E-state index in [1.54, 1.807) is 7.11 Å². The third-order valence-corrected chi connectivity index (χ3v) is 2.92. The fraction of sp³-hybridized carbons (Fsp3) is 0.500. The predicted molar refractivity (Wildman–Crippen MR) is 81.4 cm³/mol. The highest BCUT2D eigenvalue weighted by Crippen LogP contribution is 2.22. The van der Waals surface area contributed by atoms with E-state index in [0.29, 0.717) is 5.11 Å². The first-order valence-corrected chi connectivity index (χ1v) is 6.86. The number of thiocarbonyl (C=S) groups is 1. The number of nitrogens with one attached hydrogen (secondary N) is 2. The molecule has 0 fully saturated rings. The minimum atomic E-state index is 0.649. The predicted octanol–water partition coefficient (Wildman–Crippen LogP) is 3.56. The molecule has 0 spiro atoms. The minimum absolute atomic E-state index is 0.649. The van der Waals surface area contributed by atoms with Crippen LogP contribution in [0, 0.1) is 0 Å². The lowest BCUT2D eigenvalue weighted by molar-refractivity contribution is 0.417. The molecule has 0 heterocycles. The Hall–Kier alpha value is -1.29. The van der Waals surface area contributed by atoms with E-state index in [4.69, 9.17) is 17.0 Å². The van der Waals surface area contributed by atoms with Gasteiger partial charge in [-0.15, -0.1) is 0 Å². The van der Waals surface area contributed by atoms with Crippen molar-refractivity contribution in [2.45, 2.75) is 32.6 Å². The Labute approximate surface area is 115 Å². The summed E-state index contributed by atoms with van der Waals surface area (Å²) in [5, 5.41) is 7.00. The van der Waals surface area contributed by atoms with Crippen molar-refractivity contribution in [3.63, 3.8) is 0 Å². The molecule has 0 aromatic heterocycles. The first-order valence-electron chi connectivity index (χ1n) is 6.45. The Morgan fingerprint density at radius 3 is 2.72 bits per heavy atom. The summed E-state index contributed by atoms with van der Waals surface area (Å²) in [7, 11) is 1.65. The van der Waals surface area contributed by atoms with Crippen LogP contribution >= 0.6 is 12.2 Å². The molecular formula is C14H22N2OS. The Morgan fingerprint density at radius 1 is 1.22 bits per heavy atom. The van der Waals surface area contributed by atoms with Gasteiger partial charge < -0.3 is 15.4 Å². The van der Waals surface area contributed by atoms with Crippen molar-refractivity contribution in [3.8, 4) is 5.75 Å². The zero-order valence-corrected chi connectivity index (χ0v) is 12.0. The van der Waals surface area contributed by atoms with Gasteiger partial charge in [0.1, 0.15) is 5.75 Å². The third kappa shape index (κ3) is 5.36. The lowest BCUT2D eigenvalue weighted by atomic mass is 10.2. The molecule has 0 amide bonds. The van der Waals surface area contributed by atoms with Crippen LogP contribution in [0.3, 0.4) is 0 Å². The number of para-hydroxylation sites is 2. The Bertz CT molecular complexity index is 369. The van der Waals surface area contributed by atoms with E-state index < -0.39 is 0 Å². The Kier molecular flexibility index (Phi) is 7.18. The summed E-state index contributed by atoms with van der Waals surface area (Å²) in [5.74, 6) is 0.799. The van der Waals surface area contributed by atoms with Crippen LogP contribution < -0.4 is 15.4 Å². The summed E-state index contributed by atoms with van der Waals surface area (Å²) in [5.41, 5.74) is 0.894. The van der Waals surface area contributed by atoms with Gasteiger partial charge in [0.15, 0.2) is 5.11 Å².